The van der Waals surface area contributed by atoms with Gasteiger partial charge in [-0.25, -0.2) is 4.98 Å². The molecular weight excluding hydrogens is 432 g/mol. The molecule has 1 unspecified atom stereocenters. The molecule has 9 heteroatoms. The van der Waals surface area contributed by atoms with Crippen molar-refractivity contribution in [3.63, 3.8) is 0 Å². The van der Waals surface area contributed by atoms with Crippen LogP contribution in [0.4, 0.5) is 0 Å². The van der Waals surface area contributed by atoms with Gasteiger partial charge in [0.25, 0.3) is 5.91 Å². The van der Waals surface area contributed by atoms with E-state index in [-0.39, 0.29) is 18.2 Å². The van der Waals surface area contributed by atoms with Gasteiger partial charge in [-0.05, 0) is 30.2 Å². The summed E-state index contributed by atoms with van der Waals surface area (Å²) in [5, 5.41) is 7.75. The van der Waals surface area contributed by atoms with Crippen molar-refractivity contribution in [1.82, 2.24) is 29.5 Å². The number of carbonyl (C=O) groups is 3. The van der Waals surface area contributed by atoms with Gasteiger partial charge in [-0.2, -0.15) is 5.10 Å². The van der Waals surface area contributed by atoms with Crippen molar-refractivity contribution in [1.29, 1.82) is 0 Å². The van der Waals surface area contributed by atoms with Gasteiger partial charge < -0.3 is 9.47 Å². The van der Waals surface area contributed by atoms with E-state index < -0.39 is 11.9 Å². The number of imide groups is 1. The average molecular weight is 454 g/mol. The van der Waals surface area contributed by atoms with Crippen LogP contribution in [0.5, 0.6) is 0 Å². The highest BCUT2D eigenvalue weighted by molar-refractivity contribution is 6.05. The molecule has 0 bridgehead atoms. The third-order valence-corrected chi connectivity index (χ3v) is 6.76. The molecule has 3 amide bonds. The summed E-state index contributed by atoms with van der Waals surface area (Å²) in [5.74, 6) is -0.881. The van der Waals surface area contributed by atoms with Gasteiger partial charge in [0.15, 0.2) is 0 Å². The van der Waals surface area contributed by atoms with Gasteiger partial charge >= 0.3 is 0 Å². The van der Waals surface area contributed by atoms with Gasteiger partial charge in [-0.15, -0.1) is 0 Å². The Labute approximate surface area is 195 Å². The Kier molecular flexibility index (Phi) is 4.41. The van der Waals surface area contributed by atoms with Crippen LogP contribution in [0.15, 0.2) is 48.9 Å². The second kappa shape index (κ2) is 7.38. The highest BCUT2D eigenvalue weighted by Gasteiger charge is 2.39. The van der Waals surface area contributed by atoms with Crippen molar-refractivity contribution >= 4 is 28.6 Å². The van der Waals surface area contributed by atoms with Crippen LogP contribution in [0.2, 0.25) is 0 Å². The molecule has 6 rings (SSSR count). The number of hydrogen-bond acceptors (Lipinski definition) is 5. The number of nitrogens with one attached hydrogen (secondary N) is 1. The van der Waals surface area contributed by atoms with E-state index in [0.717, 1.165) is 39.0 Å². The number of nitrogens with zero attached hydrogens (tertiary/aromatic N) is 5. The van der Waals surface area contributed by atoms with E-state index in [1.165, 1.54) is 0 Å². The largest absolute Gasteiger partial charge is 0.333 e. The van der Waals surface area contributed by atoms with E-state index in [1.807, 2.05) is 53.8 Å². The van der Waals surface area contributed by atoms with Crippen molar-refractivity contribution < 1.29 is 14.4 Å². The van der Waals surface area contributed by atoms with E-state index in [2.05, 4.69) is 27.5 Å². The summed E-state index contributed by atoms with van der Waals surface area (Å²) < 4.78 is 3.83. The summed E-state index contributed by atoms with van der Waals surface area (Å²) in [5.41, 5.74) is 6.18. The number of hydrogen-bond donors (Lipinski definition) is 1. The normalized spacial score (nSPS) is 18.0. The molecule has 0 radical (unpaired) electrons. The van der Waals surface area contributed by atoms with Crippen molar-refractivity contribution in [3.8, 4) is 22.5 Å². The minimum atomic E-state index is -0.628. The maximum absolute atomic E-state index is 13.0. The number of aromatic nitrogens is 4. The van der Waals surface area contributed by atoms with Crippen LogP contribution in [0.25, 0.3) is 33.4 Å². The molecule has 2 aliphatic heterocycles. The smallest absolute Gasteiger partial charge is 0.255 e. The summed E-state index contributed by atoms with van der Waals surface area (Å²) in [6.45, 7) is 0.331. The molecule has 4 heterocycles. The van der Waals surface area contributed by atoms with Crippen molar-refractivity contribution in [2.24, 2.45) is 14.1 Å². The van der Waals surface area contributed by atoms with Gasteiger partial charge in [0.1, 0.15) is 6.04 Å². The highest BCUT2D eigenvalue weighted by Crippen LogP contribution is 2.35. The highest BCUT2D eigenvalue weighted by atomic mass is 16.2. The standard InChI is InChI=1S/C25H22N6O3/c1-29-13-26-22(23(29)15-3-4-16-11-27-30(2)20(16)10-15)14-5-6-18-17(9-14)12-31(25(18)34)19-7-8-21(32)28-24(19)33/h3-6,9-11,13,19H,7-8,12H2,1-2H3,(H,28,32,33). The number of aryl methyl sites for hydroxylation is 2. The molecule has 2 aromatic carbocycles. The van der Waals surface area contributed by atoms with E-state index in [9.17, 15) is 14.4 Å². The number of rotatable bonds is 3. The Hall–Kier alpha value is -4.27. The predicted molar refractivity (Wildman–Crippen MR) is 124 cm³/mol. The summed E-state index contributed by atoms with van der Waals surface area (Å²) in [6, 6.07) is 11.3. The molecule has 2 aliphatic rings. The molecule has 0 spiro atoms. The minimum absolute atomic E-state index is 0.182. The van der Waals surface area contributed by atoms with Crippen LogP contribution in [0.3, 0.4) is 0 Å². The summed E-state index contributed by atoms with van der Waals surface area (Å²) in [6.07, 6.45) is 4.21. The molecule has 9 nitrogen and oxygen atoms in total. The third-order valence-electron chi connectivity index (χ3n) is 6.76. The first-order valence-corrected chi connectivity index (χ1v) is 11.1. The van der Waals surface area contributed by atoms with Gasteiger partial charge in [0.05, 0.1) is 29.4 Å². The van der Waals surface area contributed by atoms with Gasteiger partial charge in [0, 0.05) is 49.1 Å². The van der Waals surface area contributed by atoms with Crippen LogP contribution in [-0.4, -0.2) is 48.0 Å². The third kappa shape index (κ3) is 3.04. The fraction of sp³-hybridized carbons (Fsp3) is 0.240. The first-order valence-electron chi connectivity index (χ1n) is 11.1. The van der Waals surface area contributed by atoms with Gasteiger partial charge in [0.2, 0.25) is 11.8 Å². The first kappa shape index (κ1) is 20.3. The lowest BCUT2D eigenvalue weighted by Gasteiger charge is -2.29. The Bertz CT molecular complexity index is 1510. The molecule has 2 aromatic heterocycles. The van der Waals surface area contributed by atoms with Crippen LogP contribution in [0.1, 0.15) is 28.8 Å². The second-order valence-corrected chi connectivity index (χ2v) is 8.87. The Morgan fingerprint density at radius 3 is 2.68 bits per heavy atom. The number of fused-ring (bicyclic) bond motifs is 2. The topological polar surface area (TPSA) is 102 Å². The lowest BCUT2D eigenvalue weighted by atomic mass is 10.00. The number of imidazole rings is 1. The monoisotopic (exact) mass is 454 g/mol. The quantitative estimate of drug-likeness (QED) is 0.479. The van der Waals surface area contributed by atoms with E-state index >= 15 is 0 Å². The Balaban J connectivity index is 1.37. The van der Waals surface area contributed by atoms with Crippen molar-refractivity contribution in [2.45, 2.75) is 25.4 Å². The zero-order valence-electron chi connectivity index (χ0n) is 18.8. The van der Waals surface area contributed by atoms with Crippen LogP contribution in [-0.2, 0) is 30.2 Å². The molecule has 4 aromatic rings. The lowest BCUT2D eigenvalue weighted by molar-refractivity contribution is -0.136. The first-order chi connectivity index (χ1) is 16.4. The number of amides is 3. The zero-order valence-corrected chi connectivity index (χ0v) is 18.8. The van der Waals surface area contributed by atoms with Crippen molar-refractivity contribution in [2.75, 3.05) is 0 Å². The lowest BCUT2D eigenvalue weighted by Crippen LogP contribution is -2.52. The van der Waals surface area contributed by atoms with Crippen LogP contribution in [0, 0.1) is 0 Å². The maximum Gasteiger partial charge on any atom is 0.255 e. The molecular formula is C25H22N6O3. The Morgan fingerprint density at radius 1 is 1.03 bits per heavy atom. The molecule has 0 aliphatic carbocycles. The molecule has 1 atom stereocenters. The SMILES string of the molecule is Cn1cnc(-c2ccc3c(c2)CN(C2CCC(=O)NC2=O)C3=O)c1-c1ccc2cnn(C)c2c1. The molecule has 1 fully saturated rings. The molecule has 170 valence electrons. The van der Waals surface area contributed by atoms with E-state index in [1.54, 1.807) is 11.2 Å². The summed E-state index contributed by atoms with van der Waals surface area (Å²) in [4.78, 5) is 43.1. The maximum atomic E-state index is 13.0. The summed E-state index contributed by atoms with van der Waals surface area (Å²) >= 11 is 0. The van der Waals surface area contributed by atoms with E-state index in [0.29, 0.717) is 18.5 Å². The molecule has 0 saturated carbocycles. The fourth-order valence-corrected chi connectivity index (χ4v) is 5.00. The molecule has 1 saturated heterocycles. The second-order valence-electron chi connectivity index (χ2n) is 8.87. The number of benzene rings is 2. The Morgan fingerprint density at radius 2 is 1.85 bits per heavy atom. The van der Waals surface area contributed by atoms with Gasteiger partial charge in [-0.3, -0.25) is 24.4 Å². The summed E-state index contributed by atoms with van der Waals surface area (Å²) in [7, 11) is 3.88. The number of piperidine rings is 1. The number of carbonyl (C=O) groups excluding carboxylic acids is 3. The van der Waals surface area contributed by atoms with Crippen LogP contribution >= 0.6 is 0 Å². The molecule has 34 heavy (non-hydrogen) atoms. The van der Waals surface area contributed by atoms with E-state index in [4.69, 9.17) is 0 Å². The molecule has 1 N–H and O–H groups in total. The van der Waals surface area contributed by atoms with Crippen molar-refractivity contribution in [3.05, 3.63) is 60.0 Å². The fourth-order valence-electron chi connectivity index (χ4n) is 5.00. The zero-order chi connectivity index (χ0) is 23.6. The minimum Gasteiger partial charge on any atom is -0.333 e. The average Bonchev–Trinajstić information content (AvgIpc) is 3.49. The predicted octanol–water partition coefficient (Wildman–Crippen LogP) is 2.40. The van der Waals surface area contributed by atoms with Crippen LogP contribution < -0.4 is 5.32 Å². The van der Waals surface area contributed by atoms with Gasteiger partial charge in [-0.1, -0.05) is 18.2 Å².